The molecule has 1 saturated carbocycles. The molecule has 0 bridgehead atoms. The van der Waals surface area contributed by atoms with Crippen LogP contribution in [-0.4, -0.2) is 22.2 Å². The molecule has 19 heavy (non-hydrogen) atoms. The zero-order valence-electron chi connectivity index (χ0n) is 12.3. The van der Waals surface area contributed by atoms with Crippen LogP contribution in [0.4, 0.5) is 0 Å². The van der Waals surface area contributed by atoms with Gasteiger partial charge in [0, 0.05) is 18.1 Å². The topological polar surface area (TPSA) is 45.1 Å². The number of aliphatic hydroxyl groups is 1. The van der Waals surface area contributed by atoms with E-state index < -0.39 is 5.60 Å². The van der Waals surface area contributed by atoms with Gasteiger partial charge in [0.05, 0.1) is 11.1 Å². The fourth-order valence-corrected chi connectivity index (χ4v) is 3.53. The molecule has 1 unspecified atom stereocenters. The zero-order chi connectivity index (χ0) is 13.9. The van der Waals surface area contributed by atoms with E-state index in [4.69, 9.17) is 0 Å². The van der Waals surface area contributed by atoms with Crippen molar-refractivity contribution in [2.75, 3.05) is 6.54 Å². The average Bonchev–Trinajstić information content (AvgIpc) is 2.95. The fourth-order valence-electron chi connectivity index (χ4n) is 2.68. The Morgan fingerprint density at radius 2 is 2.21 bits per heavy atom. The normalized spacial score (nSPS) is 31.1. The molecule has 1 aromatic rings. The first kappa shape index (κ1) is 14.9. The van der Waals surface area contributed by atoms with Crippen LogP contribution in [0, 0.1) is 5.92 Å². The predicted octanol–water partition coefficient (Wildman–Crippen LogP) is 3.30. The molecule has 0 radical (unpaired) electrons. The second-order valence-electron chi connectivity index (χ2n) is 6.28. The van der Waals surface area contributed by atoms with Crippen molar-refractivity contribution in [3.05, 3.63) is 16.6 Å². The minimum Gasteiger partial charge on any atom is -0.389 e. The number of hydrogen-bond donors (Lipinski definition) is 2. The van der Waals surface area contributed by atoms with Crippen molar-refractivity contribution in [3.63, 3.8) is 0 Å². The Kier molecular flexibility index (Phi) is 4.64. The summed E-state index contributed by atoms with van der Waals surface area (Å²) < 4.78 is 0. The van der Waals surface area contributed by atoms with Crippen LogP contribution in [0.1, 0.15) is 57.9 Å². The van der Waals surface area contributed by atoms with Crippen molar-refractivity contribution in [1.82, 2.24) is 10.3 Å². The lowest BCUT2D eigenvalue weighted by molar-refractivity contribution is -0.0123. The monoisotopic (exact) mass is 282 g/mol. The smallest absolute Gasteiger partial charge is 0.112 e. The highest BCUT2D eigenvalue weighted by Gasteiger charge is 2.35. The van der Waals surface area contributed by atoms with Crippen LogP contribution in [0.5, 0.6) is 0 Å². The first-order valence-corrected chi connectivity index (χ1v) is 8.23. The van der Waals surface area contributed by atoms with E-state index >= 15 is 0 Å². The Hall–Kier alpha value is -0.450. The predicted molar refractivity (Wildman–Crippen MR) is 80.3 cm³/mol. The van der Waals surface area contributed by atoms with Crippen molar-refractivity contribution in [2.24, 2.45) is 5.92 Å². The van der Waals surface area contributed by atoms with Gasteiger partial charge in [0.25, 0.3) is 0 Å². The summed E-state index contributed by atoms with van der Waals surface area (Å²) in [7, 11) is 0. The van der Waals surface area contributed by atoms with Gasteiger partial charge in [-0.1, -0.05) is 13.8 Å². The number of aromatic nitrogens is 1. The lowest BCUT2D eigenvalue weighted by Crippen LogP contribution is -2.50. The Bertz CT molecular complexity index is 385. The number of hydrogen-bond acceptors (Lipinski definition) is 4. The molecule has 0 aliphatic heterocycles. The number of thiazole rings is 1. The van der Waals surface area contributed by atoms with Crippen molar-refractivity contribution >= 4 is 11.3 Å². The fraction of sp³-hybridized carbons (Fsp3) is 0.800. The standard InChI is InChI=1S/C15H26N2OS/c1-4-14(3,13-16-9-10-19-13)17-11-15(18)7-5-12(2)6-8-15/h9-10,12,17-18H,4-8,11H2,1-3H3. The third kappa shape index (κ3) is 3.56. The molecule has 2 N–H and O–H groups in total. The minimum absolute atomic E-state index is 0.118. The summed E-state index contributed by atoms with van der Waals surface area (Å²) in [6.07, 6.45) is 6.94. The van der Waals surface area contributed by atoms with Gasteiger partial charge >= 0.3 is 0 Å². The van der Waals surface area contributed by atoms with Crippen LogP contribution in [0.2, 0.25) is 0 Å². The highest BCUT2D eigenvalue weighted by molar-refractivity contribution is 7.09. The van der Waals surface area contributed by atoms with E-state index in [0.717, 1.165) is 43.0 Å². The van der Waals surface area contributed by atoms with Crippen molar-refractivity contribution < 1.29 is 5.11 Å². The molecule has 0 aromatic carbocycles. The molecule has 1 atom stereocenters. The molecule has 0 spiro atoms. The number of nitrogens with zero attached hydrogens (tertiary/aromatic N) is 1. The second-order valence-corrected chi connectivity index (χ2v) is 7.18. The molecule has 108 valence electrons. The molecular formula is C15H26N2OS. The van der Waals surface area contributed by atoms with Crippen LogP contribution in [0.3, 0.4) is 0 Å². The summed E-state index contributed by atoms with van der Waals surface area (Å²) in [5, 5.41) is 17.4. The molecular weight excluding hydrogens is 256 g/mol. The molecule has 1 aliphatic carbocycles. The lowest BCUT2D eigenvalue weighted by Gasteiger charge is -2.38. The van der Waals surface area contributed by atoms with Crippen molar-refractivity contribution in [1.29, 1.82) is 0 Å². The minimum atomic E-state index is -0.528. The van der Waals surface area contributed by atoms with Crippen molar-refractivity contribution in [3.8, 4) is 0 Å². The zero-order valence-corrected chi connectivity index (χ0v) is 13.1. The van der Waals surface area contributed by atoms with Crippen LogP contribution >= 0.6 is 11.3 Å². The molecule has 1 fully saturated rings. The molecule has 1 aliphatic rings. The summed E-state index contributed by atoms with van der Waals surface area (Å²) in [5.74, 6) is 0.761. The van der Waals surface area contributed by atoms with Gasteiger partial charge in [0.1, 0.15) is 5.01 Å². The van der Waals surface area contributed by atoms with Gasteiger partial charge in [0.2, 0.25) is 0 Å². The molecule has 0 saturated heterocycles. The van der Waals surface area contributed by atoms with Crippen molar-refractivity contribution in [2.45, 2.75) is 64.0 Å². The molecule has 4 heteroatoms. The Labute approximate surface area is 120 Å². The van der Waals surface area contributed by atoms with Crippen LogP contribution in [-0.2, 0) is 5.54 Å². The van der Waals surface area contributed by atoms with Gasteiger partial charge in [-0.25, -0.2) is 4.98 Å². The SMILES string of the molecule is CCC(C)(NCC1(O)CCC(C)CC1)c1nccs1. The van der Waals surface area contributed by atoms with Crippen LogP contribution in [0.25, 0.3) is 0 Å². The second kappa shape index (κ2) is 5.90. The quantitative estimate of drug-likeness (QED) is 0.871. The summed E-state index contributed by atoms with van der Waals surface area (Å²) in [5.41, 5.74) is -0.646. The van der Waals surface area contributed by atoms with Crippen LogP contribution < -0.4 is 5.32 Å². The first-order valence-electron chi connectivity index (χ1n) is 7.35. The number of rotatable bonds is 5. The van der Waals surface area contributed by atoms with E-state index in [1.54, 1.807) is 11.3 Å². The van der Waals surface area contributed by atoms with Gasteiger partial charge in [-0.2, -0.15) is 0 Å². The van der Waals surface area contributed by atoms with E-state index in [1.807, 2.05) is 11.6 Å². The molecule has 3 nitrogen and oxygen atoms in total. The summed E-state index contributed by atoms with van der Waals surface area (Å²) in [4.78, 5) is 4.43. The van der Waals surface area contributed by atoms with Gasteiger partial charge in [-0.3, -0.25) is 0 Å². The van der Waals surface area contributed by atoms with Gasteiger partial charge < -0.3 is 10.4 Å². The Balaban J connectivity index is 1.96. The molecule has 1 aromatic heterocycles. The summed E-state index contributed by atoms with van der Waals surface area (Å²) >= 11 is 1.69. The van der Waals surface area contributed by atoms with E-state index in [0.29, 0.717) is 6.54 Å². The molecule has 1 heterocycles. The lowest BCUT2D eigenvalue weighted by atomic mass is 9.79. The average molecular weight is 282 g/mol. The molecule has 2 rings (SSSR count). The largest absolute Gasteiger partial charge is 0.389 e. The van der Waals surface area contributed by atoms with Gasteiger partial charge in [0.15, 0.2) is 0 Å². The van der Waals surface area contributed by atoms with Crippen LogP contribution in [0.15, 0.2) is 11.6 Å². The number of nitrogens with one attached hydrogen (secondary N) is 1. The highest BCUT2D eigenvalue weighted by atomic mass is 32.1. The van der Waals surface area contributed by atoms with E-state index in [9.17, 15) is 5.11 Å². The maximum Gasteiger partial charge on any atom is 0.112 e. The van der Waals surface area contributed by atoms with E-state index in [1.165, 1.54) is 0 Å². The highest BCUT2D eigenvalue weighted by Crippen LogP contribution is 2.33. The van der Waals surface area contributed by atoms with Gasteiger partial charge in [-0.05, 0) is 44.9 Å². The third-order valence-corrected chi connectivity index (χ3v) is 5.66. The maximum absolute atomic E-state index is 10.7. The first-order chi connectivity index (χ1) is 8.97. The maximum atomic E-state index is 10.7. The Morgan fingerprint density at radius 1 is 1.53 bits per heavy atom. The molecule has 0 amide bonds. The summed E-state index contributed by atoms with van der Waals surface area (Å²) in [6, 6.07) is 0. The summed E-state index contributed by atoms with van der Waals surface area (Å²) in [6.45, 7) is 7.30. The van der Waals surface area contributed by atoms with E-state index in [2.05, 4.69) is 31.1 Å². The van der Waals surface area contributed by atoms with E-state index in [-0.39, 0.29) is 5.54 Å². The van der Waals surface area contributed by atoms with Gasteiger partial charge in [-0.15, -0.1) is 11.3 Å². The Morgan fingerprint density at radius 3 is 2.74 bits per heavy atom. The third-order valence-electron chi connectivity index (χ3n) is 4.62.